The zero-order valence-corrected chi connectivity index (χ0v) is 33.4. The number of fused-ring (bicyclic) bond motifs is 7. The summed E-state index contributed by atoms with van der Waals surface area (Å²) in [5.41, 5.74) is 14.6. The van der Waals surface area contributed by atoms with E-state index >= 15 is 0 Å². The van der Waals surface area contributed by atoms with Crippen LogP contribution in [0.15, 0.2) is 218 Å². The number of rotatable bonds is 6. The molecule has 0 bridgehead atoms. The summed E-state index contributed by atoms with van der Waals surface area (Å²) < 4.78 is 2.52. The van der Waals surface area contributed by atoms with E-state index in [2.05, 4.69) is 218 Å². The first-order valence-corrected chi connectivity index (χ1v) is 21.3. The average molecular weight is 781 g/mol. The first-order valence-electron chi connectivity index (χ1n) is 20.5. The number of thiophene rings is 1. The lowest BCUT2D eigenvalue weighted by molar-refractivity contribution is 0.768. The van der Waals surface area contributed by atoms with E-state index in [0.717, 1.165) is 33.5 Å². The van der Waals surface area contributed by atoms with Crippen LogP contribution in [0.2, 0.25) is 0 Å². The highest BCUT2D eigenvalue weighted by molar-refractivity contribution is 7.26. The highest BCUT2D eigenvalue weighted by Crippen LogP contribution is 2.57. The van der Waals surface area contributed by atoms with Crippen molar-refractivity contribution in [2.75, 3.05) is 0 Å². The van der Waals surface area contributed by atoms with Gasteiger partial charge in [-0.05, 0) is 79.5 Å². The van der Waals surface area contributed by atoms with E-state index < -0.39 is 5.41 Å². The van der Waals surface area contributed by atoms with Crippen molar-refractivity contribution >= 4 is 42.3 Å². The fourth-order valence-electron chi connectivity index (χ4n) is 9.77. The monoisotopic (exact) mass is 780 g/mol. The van der Waals surface area contributed by atoms with Gasteiger partial charge >= 0.3 is 0 Å². The van der Waals surface area contributed by atoms with Crippen LogP contribution in [0.1, 0.15) is 22.3 Å². The van der Waals surface area contributed by atoms with Crippen molar-refractivity contribution in [2.24, 2.45) is 0 Å². The van der Waals surface area contributed by atoms with Crippen LogP contribution >= 0.6 is 11.3 Å². The molecule has 2 aromatic heterocycles. The standard InChI is InChI=1S/C57H36N2S/c1-4-17-37(18-5-1)52-36-53(48-28-16-27-46-45-26-13-15-30-54(45)60-55(46)48)59-56(58-52)47-33-32-41(42-23-10-11-24-43(42)47)38-31-34-51-49(35-38)44-25-12-14-29-50(44)57(51,39-19-6-2-7-20-39)40-21-8-3-9-22-40/h1-36H. The van der Waals surface area contributed by atoms with Gasteiger partial charge in [0.1, 0.15) is 0 Å². The molecule has 0 amide bonds. The lowest BCUT2D eigenvalue weighted by Gasteiger charge is -2.33. The van der Waals surface area contributed by atoms with E-state index in [-0.39, 0.29) is 0 Å². The van der Waals surface area contributed by atoms with E-state index in [9.17, 15) is 0 Å². The number of hydrogen-bond donors (Lipinski definition) is 0. The van der Waals surface area contributed by atoms with Crippen LogP contribution in [0.3, 0.4) is 0 Å². The molecule has 0 atom stereocenters. The van der Waals surface area contributed by atoms with Gasteiger partial charge in [0.05, 0.1) is 16.8 Å². The van der Waals surface area contributed by atoms with Crippen LogP contribution in [-0.2, 0) is 5.41 Å². The van der Waals surface area contributed by atoms with E-state index in [4.69, 9.17) is 9.97 Å². The molecule has 2 nitrogen and oxygen atoms in total. The second-order valence-corrected chi connectivity index (χ2v) is 16.7. The third-order valence-corrected chi connectivity index (χ3v) is 13.6. The Morgan fingerprint density at radius 3 is 1.67 bits per heavy atom. The molecular formula is C57H36N2S. The number of benzene rings is 9. The maximum absolute atomic E-state index is 5.41. The van der Waals surface area contributed by atoms with Crippen molar-refractivity contribution < 1.29 is 0 Å². The van der Waals surface area contributed by atoms with Gasteiger partial charge in [0.15, 0.2) is 5.82 Å². The summed E-state index contributed by atoms with van der Waals surface area (Å²) in [6.07, 6.45) is 0. The molecule has 60 heavy (non-hydrogen) atoms. The van der Waals surface area contributed by atoms with Crippen molar-refractivity contribution in [2.45, 2.75) is 5.41 Å². The molecule has 0 aliphatic heterocycles. The van der Waals surface area contributed by atoms with E-state index in [1.54, 1.807) is 0 Å². The summed E-state index contributed by atoms with van der Waals surface area (Å²) in [6, 6.07) is 79.2. The molecule has 9 aromatic carbocycles. The molecule has 11 aromatic rings. The number of hydrogen-bond acceptors (Lipinski definition) is 3. The maximum Gasteiger partial charge on any atom is 0.161 e. The second kappa shape index (κ2) is 13.8. The van der Waals surface area contributed by atoms with Crippen LogP contribution in [0.25, 0.3) is 87.1 Å². The molecule has 0 radical (unpaired) electrons. The van der Waals surface area contributed by atoms with Gasteiger partial charge in [0.2, 0.25) is 0 Å². The molecule has 0 saturated carbocycles. The molecule has 0 spiro atoms. The average Bonchev–Trinajstić information content (AvgIpc) is 3.86. The van der Waals surface area contributed by atoms with Crippen molar-refractivity contribution in [3.05, 3.63) is 241 Å². The molecular weight excluding hydrogens is 745 g/mol. The molecule has 12 rings (SSSR count). The Kier molecular flexibility index (Phi) is 7.97. The van der Waals surface area contributed by atoms with Crippen LogP contribution in [0, 0.1) is 0 Å². The van der Waals surface area contributed by atoms with Gasteiger partial charge in [0, 0.05) is 36.9 Å². The molecule has 1 aliphatic rings. The second-order valence-electron chi connectivity index (χ2n) is 15.6. The minimum Gasteiger partial charge on any atom is -0.228 e. The Hall–Kier alpha value is -7.46. The molecule has 1 aliphatic carbocycles. The van der Waals surface area contributed by atoms with Crippen molar-refractivity contribution in [1.29, 1.82) is 0 Å². The van der Waals surface area contributed by atoms with Gasteiger partial charge in [-0.1, -0.05) is 194 Å². The Morgan fingerprint density at radius 1 is 0.333 bits per heavy atom. The lowest BCUT2D eigenvalue weighted by atomic mass is 9.67. The molecule has 2 heterocycles. The first-order chi connectivity index (χ1) is 29.8. The number of aromatic nitrogens is 2. The van der Waals surface area contributed by atoms with E-state index in [1.807, 2.05) is 11.3 Å². The van der Waals surface area contributed by atoms with Gasteiger partial charge in [0.25, 0.3) is 0 Å². The minimum absolute atomic E-state index is 0.433. The summed E-state index contributed by atoms with van der Waals surface area (Å²) in [4.78, 5) is 10.7. The Labute approximate surface area is 352 Å². The van der Waals surface area contributed by atoms with Gasteiger partial charge in [-0.15, -0.1) is 11.3 Å². The predicted molar refractivity (Wildman–Crippen MR) is 251 cm³/mol. The smallest absolute Gasteiger partial charge is 0.161 e. The lowest BCUT2D eigenvalue weighted by Crippen LogP contribution is -2.28. The number of nitrogens with zero attached hydrogens (tertiary/aromatic N) is 2. The predicted octanol–water partition coefficient (Wildman–Crippen LogP) is 15.0. The normalized spacial score (nSPS) is 12.8. The summed E-state index contributed by atoms with van der Waals surface area (Å²) in [5, 5.41) is 4.82. The van der Waals surface area contributed by atoms with E-state index in [1.165, 1.54) is 70.1 Å². The summed E-state index contributed by atoms with van der Waals surface area (Å²) in [5.74, 6) is 0.714. The van der Waals surface area contributed by atoms with Crippen LogP contribution in [-0.4, -0.2) is 9.97 Å². The molecule has 0 saturated heterocycles. The minimum atomic E-state index is -0.433. The third-order valence-electron chi connectivity index (χ3n) is 12.4. The Bertz CT molecular complexity index is 3380. The molecule has 3 heteroatoms. The van der Waals surface area contributed by atoms with Crippen molar-refractivity contribution in [3.63, 3.8) is 0 Å². The van der Waals surface area contributed by atoms with E-state index in [0.29, 0.717) is 5.82 Å². The van der Waals surface area contributed by atoms with Gasteiger partial charge in [-0.25, -0.2) is 9.97 Å². The quantitative estimate of drug-likeness (QED) is 0.168. The topological polar surface area (TPSA) is 25.8 Å². The fourth-order valence-corrected chi connectivity index (χ4v) is 11.0. The first kappa shape index (κ1) is 34.6. The zero-order valence-electron chi connectivity index (χ0n) is 32.6. The maximum atomic E-state index is 5.41. The van der Waals surface area contributed by atoms with Crippen LogP contribution in [0.4, 0.5) is 0 Å². The largest absolute Gasteiger partial charge is 0.228 e. The van der Waals surface area contributed by atoms with Crippen molar-refractivity contribution in [3.8, 4) is 56.2 Å². The summed E-state index contributed by atoms with van der Waals surface area (Å²) >= 11 is 1.83. The highest BCUT2D eigenvalue weighted by atomic mass is 32.1. The zero-order chi connectivity index (χ0) is 39.6. The van der Waals surface area contributed by atoms with Gasteiger partial charge in [-0.3, -0.25) is 0 Å². The Morgan fingerprint density at radius 2 is 0.900 bits per heavy atom. The molecule has 0 N–H and O–H groups in total. The molecule has 0 unspecified atom stereocenters. The summed E-state index contributed by atoms with van der Waals surface area (Å²) in [6.45, 7) is 0. The highest BCUT2D eigenvalue weighted by Gasteiger charge is 2.46. The molecule has 0 fully saturated rings. The summed E-state index contributed by atoms with van der Waals surface area (Å²) in [7, 11) is 0. The third kappa shape index (κ3) is 5.26. The van der Waals surface area contributed by atoms with Gasteiger partial charge < -0.3 is 0 Å². The molecule has 280 valence electrons. The SMILES string of the molecule is c1ccc(-c2cc(-c3cccc4c3sc3ccccc34)nc(-c3ccc(-c4ccc5c(c4)-c4ccccc4C5(c4ccccc4)c4ccccc4)c4ccccc34)n2)cc1. The Balaban J connectivity index is 1.05. The fraction of sp³-hybridized carbons (Fsp3) is 0.0175. The van der Waals surface area contributed by atoms with Crippen LogP contribution in [0.5, 0.6) is 0 Å². The van der Waals surface area contributed by atoms with Crippen LogP contribution < -0.4 is 0 Å². The van der Waals surface area contributed by atoms with Gasteiger partial charge in [-0.2, -0.15) is 0 Å². The van der Waals surface area contributed by atoms with Crippen molar-refractivity contribution in [1.82, 2.24) is 9.97 Å².